The van der Waals surface area contributed by atoms with E-state index in [4.69, 9.17) is 0 Å². The first-order valence-electron chi connectivity index (χ1n) is 8.15. The molecule has 0 atom stereocenters. The second kappa shape index (κ2) is 7.69. The first-order valence-corrected chi connectivity index (χ1v) is 10.6. The Morgan fingerprint density at radius 3 is 2.44 bits per heavy atom. The number of amides is 1. The van der Waals surface area contributed by atoms with Crippen molar-refractivity contribution >= 4 is 37.3 Å². The van der Waals surface area contributed by atoms with E-state index in [0.29, 0.717) is 16.0 Å². The van der Waals surface area contributed by atoms with Crippen LogP contribution in [0.25, 0.3) is 10.2 Å². The van der Waals surface area contributed by atoms with Gasteiger partial charge in [0.25, 0.3) is 5.91 Å². The van der Waals surface area contributed by atoms with Crippen LogP contribution in [0.3, 0.4) is 0 Å². The predicted molar refractivity (Wildman–Crippen MR) is 99.1 cm³/mol. The van der Waals surface area contributed by atoms with Gasteiger partial charge in [0.2, 0.25) is 0 Å². The van der Waals surface area contributed by atoms with Gasteiger partial charge in [0.1, 0.15) is 17.4 Å². The smallest absolute Gasteiger partial charge is 0.263 e. The molecular formula is C18H16F2N2O3S2. The van der Waals surface area contributed by atoms with Crippen LogP contribution >= 0.6 is 11.3 Å². The Labute approximate surface area is 158 Å². The lowest BCUT2D eigenvalue weighted by atomic mass is 10.3. The molecule has 0 aliphatic rings. The molecule has 0 N–H and O–H groups in total. The fourth-order valence-electron chi connectivity index (χ4n) is 2.60. The number of nitrogens with zero attached hydrogens (tertiary/aromatic N) is 2. The number of carbonyl (C=O) groups excluding carboxylic acids is 1. The zero-order valence-corrected chi connectivity index (χ0v) is 16.0. The first kappa shape index (κ1) is 19.4. The Morgan fingerprint density at radius 2 is 1.78 bits per heavy atom. The van der Waals surface area contributed by atoms with Crippen LogP contribution in [0.1, 0.15) is 13.3 Å². The summed E-state index contributed by atoms with van der Waals surface area (Å²) in [5, 5.41) is 0. The van der Waals surface area contributed by atoms with E-state index < -0.39 is 33.1 Å². The second-order valence-electron chi connectivity index (χ2n) is 5.87. The highest BCUT2D eigenvalue weighted by atomic mass is 32.2. The molecule has 0 spiro atoms. The van der Waals surface area contributed by atoms with Crippen LogP contribution in [0.4, 0.5) is 8.78 Å². The van der Waals surface area contributed by atoms with Gasteiger partial charge < -0.3 is 4.57 Å². The van der Waals surface area contributed by atoms with E-state index in [1.807, 2.05) is 6.92 Å². The number of benzene rings is 2. The quantitative estimate of drug-likeness (QED) is 0.606. The normalized spacial score (nSPS) is 12.6. The fourth-order valence-corrected chi connectivity index (χ4v) is 4.80. The summed E-state index contributed by atoms with van der Waals surface area (Å²) in [6.07, 6.45) is 0.762. The summed E-state index contributed by atoms with van der Waals surface area (Å²) in [5.74, 6) is -2.63. The Kier molecular flexibility index (Phi) is 5.52. The van der Waals surface area contributed by atoms with Crippen LogP contribution in [-0.2, 0) is 21.2 Å². The predicted octanol–water partition coefficient (Wildman–Crippen LogP) is 3.29. The number of hydrogen-bond acceptors (Lipinski definition) is 4. The van der Waals surface area contributed by atoms with Gasteiger partial charge in [0, 0.05) is 6.54 Å². The molecule has 27 heavy (non-hydrogen) atoms. The molecule has 0 radical (unpaired) electrons. The maximum atomic E-state index is 13.5. The van der Waals surface area contributed by atoms with Crippen molar-refractivity contribution in [2.24, 2.45) is 4.99 Å². The molecule has 1 aromatic heterocycles. The highest BCUT2D eigenvalue weighted by molar-refractivity contribution is 7.92. The molecule has 5 nitrogen and oxygen atoms in total. The zero-order valence-electron chi connectivity index (χ0n) is 14.4. The van der Waals surface area contributed by atoms with Gasteiger partial charge in [-0.1, -0.05) is 18.3 Å². The summed E-state index contributed by atoms with van der Waals surface area (Å²) in [4.78, 5) is 16.4. The summed E-state index contributed by atoms with van der Waals surface area (Å²) in [6, 6.07) is 8.54. The molecule has 1 amide bonds. The molecule has 3 rings (SSSR count). The van der Waals surface area contributed by atoms with Crippen molar-refractivity contribution in [3.8, 4) is 0 Å². The Bertz CT molecular complexity index is 1160. The summed E-state index contributed by atoms with van der Waals surface area (Å²) in [7, 11) is -3.93. The van der Waals surface area contributed by atoms with E-state index in [-0.39, 0.29) is 4.90 Å². The summed E-state index contributed by atoms with van der Waals surface area (Å²) in [6.45, 7) is 2.51. The minimum atomic E-state index is -3.93. The van der Waals surface area contributed by atoms with Crippen molar-refractivity contribution in [2.45, 2.75) is 24.8 Å². The van der Waals surface area contributed by atoms with Gasteiger partial charge >= 0.3 is 0 Å². The number of halogens is 2. The third-order valence-corrected chi connectivity index (χ3v) is 6.46. The Morgan fingerprint density at radius 1 is 1.11 bits per heavy atom. The molecule has 0 aliphatic heterocycles. The summed E-state index contributed by atoms with van der Waals surface area (Å²) < 4.78 is 53.4. The van der Waals surface area contributed by atoms with Gasteiger partial charge in [-0.25, -0.2) is 17.2 Å². The van der Waals surface area contributed by atoms with Crippen LogP contribution < -0.4 is 4.80 Å². The molecule has 0 saturated heterocycles. The Balaban J connectivity index is 1.97. The minimum Gasteiger partial charge on any atom is -0.316 e. The van der Waals surface area contributed by atoms with E-state index in [1.54, 1.807) is 10.6 Å². The molecule has 0 unspecified atom stereocenters. The van der Waals surface area contributed by atoms with Crippen LogP contribution in [0, 0.1) is 11.6 Å². The van der Waals surface area contributed by atoms with Crippen molar-refractivity contribution in [3.63, 3.8) is 0 Å². The fraction of sp³-hybridized carbons (Fsp3) is 0.222. The van der Waals surface area contributed by atoms with E-state index >= 15 is 0 Å². The van der Waals surface area contributed by atoms with Gasteiger partial charge in [-0.15, -0.1) is 0 Å². The van der Waals surface area contributed by atoms with Gasteiger partial charge in [-0.2, -0.15) is 4.99 Å². The van der Waals surface area contributed by atoms with Crippen molar-refractivity contribution in [1.82, 2.24) is 4.57 Å². The largest absolute Gasteiger partial charge is 0.316 e. The van der Waals surface area contributed by atoms with E-state index in [2.05, 4.69) is 4.99 Å². The molecule has 9 heteroatoms. The van der Waals surface area contributed by atoms with Crippen molar-refractivity contribution in [2.75, 3.05) is 5.75 Å². The number of aryl methyl sites for hydroxylation is 1. The topological polar surface area (TPSA) is 68.5 Å². The van der Waals surface area contributed by atoms with Crippen molar-refractivity contribution in [3.05, 3.63) is 58.9 Å². The summed E-state index contributed by atoms with van der Waals surface area (Å²) >= 11 is 1.12. The maximum absolute atomic E-state index is 13.5. The third-order valence-electron chi connectivity index (χ3n) is 3.80. The first-order chi connectivity index (χ1) is 12.8. The molecule has 0 aliphatic carbocycles. The van der Waals surface area contributed by atoms with Crippen molar-refractivity contribution in [1.29, 1.82) is 0 Å². The highest BCUT2D eigenvalue weighted by Gasteiger charge is 2.19. The monoisotopic (exact) mass is 410 g/mol. The van der Waals surface area contributed by atoms with Crippen LogP contribution in [0.5, 0.6) is 0 Å². The van der Waals surface area contributed by atoms with Crippen LogP contribution in [-0.4, -0.2) is 24.6 Å². The van der Waals surface area contributed by atoms with Crippen molar-refractivity contribution < 1.29 is 22.0 Å². The van der Waals surface area contributed by atoms with Crippen LogP contribution in [0.2, 0.25) is 0 Å². The highest BCUT2D eigenvalue weighted by Crippen LogP contribution is 2.19. The summed E-state index contributed by atoms with van der Waals surface area (Å²) in [5.41, 5.74) is 0.733. The SMILES string of the molecule is CCCn1c(=NC(=O)CS(=O)(=O)c2ccc(F)cc2)sc2cc(F)ccc21. The molecule has 3 aromatic rings. The molecule has 0 fully saturated rings. The molecule has 1 heterocycles. The van der Waals surface area contributed by atoms with Gasteiger partial charge in [-0.05, 0) is 48.9 Å². The number of fused-ring (bicyclic) bond motifs is 1. The average molecular weight is 410 g/mol. The number of hydrogen-bond donors (Lipinski definition) is 0. The maximum Gasteiger partial charge on any atom is 0.263 e. The molecule has 0 bridgehead atoms. The standard InChI is InChI=1S/C18H16F2N2O3S2/c1-2-9-22-15-8-5-13(20)10-16(15)26-18(22)21-17(23)11-27(24,25)14-6-3-12(19)4-7-14/h3-8,10H,2,9,11H2,1H3. The lowest BCUT2D eigenvalue weighted by Crippen LogP contribution is -2.21. The third kappa shape index (κ3) is 4.30. The lowest BCUT2D eigenvalue weighted by molar-refractivity contribution is -0.115. The number of thiazole rings is 1. The van der Waals surface area contributed by atoms with E-state index in [9.17, 15) is 22.0 Å². The zero-order chi connectivity index (χ0) is 19.6. The average Bonchev–Trinajstić information content (AvgIpc) is 2.91. The lowest BCUT2D eigenvalue weighted by Gasteiger charge is -2.03. The van der Waals surface area contributed by atoms with Crippen LogP contribution in [0.15, 0.2) is 52.4 Å². The molecule has 2 aromatic carbocycles. The Hall–Kier alpha value is -2.39. The van der Waals surface area contributed by atoms with Gasteiger partial charge in [0.05, 0.1) is 15.1 Å². The number of rotatable bonds is 5. The van der Waals surface area contributed by atoms with E-state index in [0.717, 1.165) is 47.5 Å². The second-order valence-corrected chi connectivity index (χ2v) is 8.87. The molecule has 0 saturated carbocycles. The van der Waals surface area contributed by atoms with Gasteiger partial charge in [-0.3, -0.25) is 4.79 Å². The number of aromatic nitrogens is 1. The molecular weight excluding hydrogens is 394 g/mol. The molecule has 142 valence electrons. The van der Waals surface area contributed by atoms with Gasteiger partial charge in [0.15, 0.2) is 14.6 Å². The number of carbonyl (C=O) groups is 1. The number of sulfone groups is 1. The van der Waals surface area contributed by atoms with E-state index in [1.165, 1.54) is 12.1 Å². The minimum absolute atomic E-state index is 0.146.